The van der Waals surface area contributed by atoms with Crippen molar-refractivity contribution in [3.8, 4) is 0 Å². The van der Waals surface area contributed by atoms with Crippen LogP contribution in [0.25, 0.3) is 0 Å². The third-order valence-corrected chi connectivity index (χ3v) is 5.11. The highest BCUT2D eigenvalue weighted by molar-refractivity contribution is 5.99. The lowest BCUT2D eigenvalue weighted by Crippen LogP contribution is -2.49. The lowest BCUT2D eigenvalue weighted by Gasteiger charge is -2.19. The maximum Gasteiger partial charge on any atom is 0.251 e. The standard InChI is InChI=1S/C26H27N3O3/c1-18-10-9-11-19(2)24(18)29-23(30)17-27-26(32)22(16-20-12-5-3-6-13-20)28-25(31)21-14-7-4-8-15-21/h3-15,22H,16-17H2,1-2H3,(H,27,32)(H,28,31)(H,29,30)/t22-/m0/s1. The van der Waals surface area contributed by atoms with Crippen molar-refractivity contribution < 1.29 is 14.4 Å². The Hall–Kier alpha value is -3.93. The highest BCUT2D eigenvalue weighted by Crippen LogP contribution is 2.19. The van der Waals surface area contributed by atoms with Crippen LogP contribution < -0.4 is 16.0 Å². The summed E-state index contributed by atoms with van der Waals surface area (Å²) in [4.78, 5) is 38.0. The van der Waals surface area contributed by atoms with E-state index in [0.717, 1.165) is 22.4 Å². The SMILES string of the molecule is Cc1cccc(C)c1NC(=O)CNC(=O)[C@H](Cc1ccccc1)NC(=O)c1ccccc1. The third kappa shape index (κ3) is 6.28. The molecule has 3 aromatic rings. The predicted octanol–water partition coefficient (Wildman–Crippen LogP) is 3.40. The first-order chi connectivity index (χ1) is 15.4. The summed E-state index contributed by atoms with van der Waals surface area (Å²) in [5.41, 5.74) is 4.00. The van der Waals surface area contributed by atoms with Crippen LogP contribution in [0.2, 0.25) is 0 Å². The summed E-state index contributed by atoms with van der Waals surface area (Å²) in [5, 5.41) is 8.29. The lowest BCUT2D eigenvalue weighted by molar-refractivity contribution is -0.125. The average molecular weight is 430 g/mol. The topological polar surface area (TPSA) is 87.3 Å². The van der Waals surface area contributed by atoms with Gasteiger partial charge in [-0.1, -0.05) is 66.7 Å². The second kappa shape index (κ2) is 10.9. The van der Waals surface area contributed by atoms with E-state index < -0.39 is 11.9 Å². The zero-order valence-corrected chi connectivity index (χ0v) is 18.2. The van der Waals surface area contributed by atoms with Crippen LogP contribution in [0.1, 0.15) is 27.0 Å². The smallest absolute Gasteiger partial charge is 0.251 e. The molecule has 6 heteroatoms. The van der Waals surface area contributed by atoms with Crippen LogP contribution in [0.5, 0.6) is 0 Å². The Labute approximate surface area is 188 Å². The number of rotatable bonds is 8. The molecule has 0 aliphatic rings. The van der Waals surface area contributed by atoms with Crippen LogP contribution in [0.4, 0.5) is 5.69 Å². The number of benzene rings is 3. The minimum atomic E-state index is -0.821. The molecule has 3 N–H and O–H groups in total. The quantitative estimate of drug-likeness (QED) is 0.513. The molecule has 3 aromatic carbocycles. The molecule has 0 saturated heterocycles. The largest absolute Gasteiger partial charge is 0.345 e. The van der Waals surface area contributed by atoms with E-state index in [1.165, 1.54) is 0 Å². The number of amides is 3. The van der Waals surface area contributed by atoms with Crippen molar-refractivity contribution in [3.05, 3.63) is 101 Å². The van der Waals surface area contributed by atoms with Crippen LogP contribution in [-0.4, -0.2) is 30.3 Å². The lowest BCUT2D eigenvalue weighted by atomic mass is 10.0. The van der Waals surface area contributed by atoms with Gasteiger partial charge in [0.1, 0.15) is 6.04 Å². The Morgan fingerprint density at radius 3 is 2.00 bits per heavy atom. The summed E-state index contributed by atoms with van der Waals surface area (Å²) in [7, 11) is 0. The Bertz CT molecular complexity index is 1060. The highest BCUT2D eigenvalue weighted by atomic mass is 16.2. The molecule has 1 atom stereocenters. The van der Waals surface area contributed by atoms with Gasteiger partial charge in [0.25, 0.3) is 5.91 Å². The first-order valence-electron chi connectivity index (χ1n) is 10.5. The molecular weight excluding hydrogens is 402 g/mol. The highest BCUT2D eigenvalue weighted by Gasteiger charge is 2.22. The summed E-state index contributed by atoms with van der Waals surface area (Å²) in [6.07, 6.45) is 0.309. The summed E-state index contributed by atoms with van der Waals surface area (Å²) >= 11 is 0. The number of carbonyl (C=O) groups excluding carboxylic acids is 3. The second-order valence-corrected chi connectivity index (χ2v) is 7.61. The van der Waals surface area contributed by atoms with Crippen molar-refractivity contribution in [1.82, 2.24) is 10.6 Å². The van der Waals surface area contributed by atoms with E-state index >= 15 is 0 Å². The molecule has 0 unspecified atom stereocenters. The van der Waals surface area contributed by atoms with Gasteiger partial charge >= 0.3 is 0 Å². The number of hydrogen-bond acceptors (Lipinski definition) is 3. The van der Waals surface area contributed by atoms with Crippen LogP contribution >= 0.6 is 0 Å². The maximum atomic E-state index is 12.9. The zero-order chi connectivity index (χ0) is 22.9. The molecule has 164 valence electrons. The molecular formula is C26H27N3O3. The molecule has 6 nitrogen and oxygen atoms in total. The van der Waals surface area contributed by atoms with Crippen molar-refractivity contribution in [2.45, 2.75) is 26.3 Å². The molecule has 0 aliphatic heterocycles. The Morgan fingerprint density at radius 2 is 1.38 bits per heavy atom. The van der Waals surface area contributed by atoms with E-state index in [4.69, 9.17) is 0 Å². The van der Waals surface area contributed by atoms with Gasteiger partial charge in [0, 0.05) is 17.7 Å². The Morgan fingerprint density at radius 1 is 0.781 bits per heavy atom. The molecule has 0 saturated carbocycles. The van der Waals surface area contributed by atoms with Crippen molar-refractivity contribution >= 4 is 23.4 Å². The fraction of sp³-hybridized carbons (Fsp3) is 0.192. The molecule has 0 spiro atoms. The van der Waals surface area contributed by atoms with Gasteiger partial charge in [-0.2, -0.15) is 0 Å². The summed E-state index contributed by atoms with van der Waals surface area (Å²) < 4.78 is 0. The summed E-state index contributed by atoms with van der Waals surface area (Å²) in [6.45, 7) is 3.63. The minimum absolute atomic E-state index is 0.195. The van der Waals surface area contributed by atoms with Crippen LogP contribution in [0.15, 0.2) is 78.9 Å². The fourth-order valence-electron chi connectivity index (χ4n) is 3.38. The Balaban J connectivity index is 1.66. The molecule has 0 bridgehead atoms. The van der Waals surface area contributed by atoms with Crippen LogP contribution in [-0.2, 0) is 16.0 Å². The van der Waals surface area contributed by atoms with E-state index in [1.54, 1.807) is 24.3 Å². The molecule has 3 amide bonds. The number of nitrogens with one attached hydrogen (secondary N) is 3. The van der Waals surface area contributed by atoms with Crippen LogP contribution in [0, 0.1) is 13.8 Å². The van der Waals surface area contributed by atoms with E-state index in [1.807, 2.05) is 68.4 Å². The predicted molar refractivity (Wildman–Crippen MR) is 125 cm³/mol. The minimum Gasteiger partial charge on any atom is -0.345 e. The first-order valence-corrected chi connectivity index (χ1v) is 10.5. The zero-order valence-electron chi connectivity index (χ0n) is 18.2. The van der Waals surface area contributed by atoms with E-state index in [9.17, 15) is 14.4 Å². The van der Waals surface area contributed by atoms with E-state index in [0.29, 0.717) is 12.0 Å². The normalized spacial score (nSPS) is 11.3. The van der Waals surface area contributed by atoms with Gasteiger partial charge in [0.05, 0.1) is 6.54 Å². The maximum absolute atomic E-state index is 12.9. The van der Waals surface area contributed by atoms with Crippen molar-refractivity contribution in [2.24, 2.45) is 0 Å². The number of carbonyl (C=O) groups is 3. The van der Waals surface area contributed by atoms with E-state index in [2.05, 4.69) is 16.0 Å². The Kier molecular flexibility index (Phi) is 7.75. The second-order valence-electron chi connectivity index (χ2n) is 7.61. The third-order valence-electron chi connectivity index (χ3n) is 5.11. The van der Waals surface area contributed by atoms with Crippen LogP contribution in [0.3, 0.4) is 0 Å². The molecule has 0 aromatic heterocycles. The average Bonchev–Trinajstić information content (AvgIpc) is 2.80. The molecule has 0 fully saturated rings. The van der Waals surface area contributed by atoms with Crippen molar-refractivity contribution in [2.75, 3.05) is 11.9 Å². The number of hydrogen-bond donors (Lipinski definition) is 3. The molecule has 0 aliphatic carbocycles. The van der Waals surface area contributed by atoms with E-state index in [-0.39, 0.29) is 18.4 Å². The first kappa shape index (κ1) is 22.7. The monoisotopic (exact) mass is 429 g/mol. The summed E-state index contributed by atoms with van der Waals surface area (Å²) in [5.74, 6) is -1.10. The van der Waals surface area contributed by atoms with Crippen molar-refractivity contribution in [1.29, 1.82) is 0 Å². The van der Waals surface area contributed by atoms with Gasteiger partial charge in [-0.25, -0.2) is 0 Å². The van der Waals surface area contributed by atoms with Gasteiger partial charge in [0.15, 0.2) is 0 Å². The molecule has 3 rings (SSSR count). The number of para-hydroxylation sites is 1. The molecule has 32 heavy (non-hydrogen) atoms. The summed E-state index contributed by atoms with van der Waals surface area (Å²) in [6, 6.07) is 23.1. The van der Waals surface area contributed by atoms with Gasteiger partial charge < -0.3 is 16.0 Å². The number of aryl methyl sites for hydroxylation is 2. The molecule has 0 heterocycles. The fourth-order valence-corrected chi connectivity index (χ4v) is 3.38. The number of anilines is 1. The molecule has 0 radical (unpaired) electrons. The van der Waals surface area contributed by atoms with Gasteiger partial charge in [-0.05, 0) is 42.7 Å². The van der Waals surface area contributed by atoms with Gasteiger partial charge in [0.2, 0.25) is 11.8 Å². The van der Waals surface area contributed by atoms with Gasteiger partial charge in [-0.3, -0.25) is 14.4 Å². The van der Waals surface area contributed by atoms with Gasteiger partial charge in [-0.15, -0.1) is 0 Å². The van der Waals surface area contributed by atoms with Crippen molar-refractivity contribution in [3.63, 3.8) is 0 Å².